The molecule has 0 amide bonds. The molecular weight excluding hydrogens is 280 g/mol. The lowest BCUT2D eigenvalue weighted by molar-refractivity contribution is -0.0965. The molecular formula is C17H38N2O3. The number of hydrogen-bond donors (Lipinski definition) is 2. The van der Waals surface area contributed by atoms with Gasteiger partial charge in [0, 0.05) is 13.1 Å². The van der Waals surface area contributed by atoms with Gasteiger partial charge in [-0.25, -0.2) is 0 Å². The van der Waals surface area contributed by atoms with Crippen LogP contribution in [0.25, 0.3) is 0 Å². The van der Waals surface area contributed by atoms with Crippen molar-refractivity contribution in [2.75, 3.05) is 33.0 Å². The van der Waals surface area contributed by atoms with Gasteiger partial charge in [-0.15, -0.1) is 0 Å². The van der Waals surface area contributed by atoms with Crippen molar-refractivity contribution in [3.05, 3.63) is 0 Å². The predicted molar refractivity (Wildman–Crippen MR) is 91.9 cm³/mol. The molecule has 5 heteroatoms. The molecule has 0 saturated carbocycles. The summed E-state index contributed by atoms with van der Waals surface area (Å²) in [6.45, 7) is 17.6. The molecule has 0 atom stereocenters. The van der Waals surface area contributed by atoms with E-state index in [9.17, 15) is 5.11 Å². The summed E-state index contributed by atoms with van der Waals surface area (Å²) in [6.07, 6.45) is 1.87. The fourth-order valence-electron chi connectivity index (χ4n) is 2.02. The topological polar surface area (TPSA) is 68.0 Å². The number of aliphatic hydroxyl groups is 1. The van der Waals surface area contributed by atoms with Crippen LogP contribution in [0.15, 0.2) is 0 Å². The molecule has 0 aromatic rings. The molecule has 0 spiro atoms. The van der Waals surface area contributed by atoms with Gasteiger partial charge in [0.25, 0.3) is 0 Å². The van der Waals surface area contributed by atoms with Crippen molar-refractivity contribution >= 4 is 0 Å². The summed E-state index contributed by atoms with van der Waals surface area (Å²) in [5.41, 5.74) is 4.25. The molecule has 0 rings (SSSR count). The van der Waals surface area contributed by atoms with Crippen molar-refractivity contribution < 1.29 is 14.6 Å². The van der Waals surface area contributed by atoms with E-state index in [2.05, 4.69) is 39.5 Å². The normalized spacial score (nSPS) is 13.9. The van der Waals surface area contributed by atoms with Gasteiger partial charge in [0.2, 0.25) is 0 Å². The van der Waals surface area contributed by atoms with E-state index in [0.29, 0.717) is 6.61 Å². The molecule has 0 bridgehead atoms. The zero-order valence-electron chi connectivity index (χ0n) is 15.7. The number of nitrogens with two attached hydrogens (primary N) is 1. The van der Waals surface area contributed by atoms with Gasteiger partial charge in [-0.2, -0.15) is 0 Å². The monoisotopic (exact) mass is 318 g/mol. The Kier molecular flexibility index (Phi) is 9.10. The Bertz CT molecular complexity index is 299. The Morgan fingerprint density at radius 2 is 1.36 bits per heavy atom. The second-order valence-electron chi connectivity index (χ2n) is 7.87. The molecule has 0 unspecified atom stereocenters. The summed E-state index contributed by atoms with van der Waals surface area (Å²) < 4.78 is 11.4. The van der Waals surface area contributed by atoms with Crippen molar-refractivity contribution in [2.24, 2.45) is 5.73 Å². The Balaban J connectivity index is 4.22. The maximum atomic E-state index is 9.77. The number of nitrogens with zero attached hydrogens (tertiary/aromatic N) is 1. The van der Waals surface area contributed by atoms with Crippen LogP contribution in [0.1, 0.15) is 61.3 Å². The minimum absolute atomic E-state index is 0.185. The Labute approximate surface area is 137 Å². The molecule has 0 radical (unpaired) electrons. The van der Waals surface area contributed by atoms with Crippen LogP contribution in [0.3, 0.4) is 0 Å². The lowest BCUT2D eigenvalue weighted by atomic mass is 10.0. The standard InChI is InChI=1S/C17H38N2O3/c1-8-19(12-10-17(6,7)22-14-18)11-9-16(4,5)21-13-15(2,3)20/h20H,8-14,18H2,1-7H3. The third kappa shape index (κ3) is 11.4. The summed E-state index contributed by atoms with van der Waals surface area (Å²) in [6, 6.07) is 0. The number of rotatable bonds is 12. The molecule has 0 aromatic heterocycles. The van der Waals surface area contributed by atoms with Gasteiger partial charge >= 0.3 is 0 Å². The first-order valence-corrected chi connectivity index (χ1v) is 8.33. The maximum Gasteiger partial charge on any atom is 0.0947 e. The van der Waals surface area contributed by atoms with Crippen molar-refractivity contribution in [3.63, 3.8) is 0 Å². The van der Waals surface area contributed by atoms with Crippen LogP contribution in [0.5, 0.6) is 0 Å². The first kappa shape index (κ1) is 21.8. The molecule has 22 heavy (non-hydrogen) atoms. The lowest BCUT2D eigenvalue weighted by Crippen LogP contribution is -2.39. The molecule has 0 fully saturated rings. The van der Waals surface area contributed by atoms with Crippen LogP contribution in [0, 0.1) is 0 Å². The fraction of sp³-hybridized carbons (Fsp3) is 1.00. The average Bonchev–Trinajstić information content (AvgIpc) is 2.36. The lowest BCUT2D eigenvalue weighted by Gasteiger charge is -2.33. The van der Waals surface area contributed by atoms with Gasteiger partial charge in [-0.1, -0.05) is 6.92 Å². The summed E-state index contributed by atoms with van der Waals surface area (Å²) in [5.74, 6) is 0. The molecule has 0 aliphatic carbocycles. The highest BCUT2D eigenvalue weighted by molar-refractivity contribution is 4.76. The number of hydrogen-bond acceptors (Lipinski definition) is 5. The van der Waals surface area contributed by atoms with Crippen LogP contribution in [-0.4, -0.2) is 59.8 Å². The Morgan fingerprint density at radius 1 is 0.909 bits per heavy atom. The van der Waals surface area contributed by atoms with E-state index < -0.39 is 5.60 Å². The highest BCUT2D eigenvalue weighted by Crippen LogP contribution is 2.19. The van der Waals surface area contributed by atoms with Gasteiger partial charge in [0.05, 0.1) is 30.1 Å². The summed E-state index contributed by atoms with van der Waals surface area (Å²) in [7, 11) is 0. The first-order chi connectivity index (χ1) is 9.91. The van der Waals surface area contributed by atoms with E-state index >= 15 is 0 Å². The largest absolute Gasteiger partial charge is 0.388 e. The van der Waals surface area contributed by atoms with Crippen LogP contribution in [-0.2, 0) is 9.47 Å². The first-order valence-electron chi connectivity index (χ1n) is 8.33. The third-order valence-corrected chi connectivity index (χ3v) is 3.80. The molecule has 0 aliphatic heterocycles. The summed E-state index contributed by atoms with van der Waals surface area (Å²) in [4.78, 5) is 2.40. The minimum atomic E-state index is -0.786. The van der Waals surface area contributed by atoms with Gasteiger partial charge in [-0.3, -0.25) is 0 Å². The van der Waals surface area contributed by atoms with Crippen LogP contribution < -0.4 is 5.73 Å². The van der Waals surface area contributed by atoms with Gasteiger partial charge in [0.1, 0.15) is 0 Å². The molecule has 5 nitrogen and oxygen atoms in total. The van der Waals surface area contributed by atoms with Crippen LogP contribution in [0.2, 0.25) is 0 Å². The van der Waals surface area contributed by atoms with Crippen molar-refractivity contribution in [1.29, 1.82) is 0 Å². The second kappa shape index (κ2) is 9.18. The van der Waals surface area contributed by atoms with Crippen LogP contribution >= 0.6 is 0 Å². The highest BCUT2D eigenvalue weighted by atomic mass is 16.5. The van der Waals surface area contributed by atoms with E-state index in [4.69, 9.17) is 15.2 Å². The van der Waals surface area contributed by atoms with E-state index in [1.807, 2.05) is 0 Å². The minimum Gasteiger partial charge on any atom is -0.388 e. The van der Waals surface area contributed by atoms with Crippen molar-refractivity contribution in [3.8, 4) is 0 Å². The molecule has 3 N–H and O–H groups in total. The Morgan fingerprint density at radius 3 is 1.73 bits per heavy atom. The molecule has 134 valence electrons. The van der Waals surface area contributed by atoms with E-state index in [-0.39, 0.29) is 17.9 Å². The molecule has 0 saturated heterocycles. The van der Waals surface area contributed by atoms with Crippen LogP contribution in [0.4, 0.5) is 0 Å². The zero-order valence-corrected chi connectivity index (χ0v) is 15.7. The quantitative estimate of drug-likeness (QED) is 0.541. The fourth-order valence-corrected chi connectivity index (χ4v) is 2.02. The molecule has 0 aliphatic rings. The summed E-state index contributed by atoms with van der Waals surface area (Å²) >= 11 is 0. The summed E-state index contributed by atoms with van der Waals surface area (Å²) in [5, 5.41) is 9.77. The maximum absolute atomic E-state index is 9.77. The number of ether oxygens (including phenoxy) is 2. The molecule has 0 heterocycles. The van der Waals surface area contributed by atoms with E-state index in [1.54, 1.807) is 13.8 Å². The second-order valence-corrected chi connectivity index (χ2v) is 7.87. The van der Waals surface area contributed by atoms with Crippen molar-refractivity contribution in [1.82, 2.24) is 4.90 Å². The smallest absolute Gasteiger partial charge is 0.0947 e. The van der Waals surface area contributed by atoms with Gasteiger partial charge in [0.15, 0.2) is 0 Å². The highest BCUT2D eigenvalue weighted by Gasteiger charge is 2.24. The molecule has 0 aromatic carbocycles. The Hall–Kier alpha value is -0.200. The third-order valence-electron chi connectivity index (χ3n) is 3.80. The van der Waals surface area contributed by atoms with E-state index in [1.165, 1.54) is 0 Å². The van der Waals surface area contributed by atoms with E-state index in [0.717, 1.165) is 32.5 Å². The van der Waals surface area contributed by atoms with Crippen molar-refractivity contribution in [2.45, 2.75) is 78.1 Å². The van der Waals surface area contributed by atoms with Gasteiger partial charge < -0.3 is 25.2 Å². The SMILES string of the molecule is CCN(CCC(C)(C)OCN)CCC(C)(C)OCC(C)(C)O. The zero-order chi connectivity index (χ0) is 17.4. The average molecular weight is 319 g/mol. The predicted octanol–water partition coefficient (Wildman–Crippen LogP) is 2.37. The van der Waals surface area contributed by atoms with Gasteiger partial charge in [-0.05, 0) is 60.9 Å².